The molecule has 31 heavy (non-hydrogen) atoms. The van der Waals surface area contributed by atoms with E-state index in [0.717, 1.165) is 25.7 Å². The summed E-state index contributed by atoms with van der Waals surface area (Å²) in [6, 6.07) is 8.39. The highest BCUT2D eigenvalue weighted by Crippen LogP contribution is 2.22. The molecule has 2 atom stereocenters. The molecule has 4 amide bonds. The van der Waals surface area contributed by atoms with E-state index < -0.39 is 12.1 Å². The Kier molecular flexibility index (Phi) is 8.32. The maximum atomic E-state index is 13.2. The Morgan fingerprint density at radius 1 is 0.968 bits per heavy atom. The summed E-state index contributed by atoms with van der Waals surface area (Å²) in [5, 5.41) is 8.81. The van der Waals surface area contributed by atoms with Crippen LogP contribution in [0.4, 0.5) is 10.5 Å². The minimum absolute atomic E-state index is 0.0644. The van der Waals surface area contributed by atoms with Crippen LogP contribution >= 0.6 is 0 Å². The lowest BCUT2D eigenvalue weighted by molar-refractivity contribution is -0.138. The van der Waals surface area contributed by atoms with Crippen LogP contribution in [0.1, 0.15) is 58.8 Å². The normalized spacial score (nSPS) is 20.7. The Morgan fingerprint density at radius 3 is 2.35 bits per heavy atom. The Morgan fingerprint density at radius 2 is 1.68 bits per heavy atom. The molecule has 0 spiro atoms. The smallest absolute Gasteiger partial charge is 0.319 e. The second kappa shape index (κ2) is 11.2. The molecular weight excluding hydrogens is 392 g/mol. The van der Waals surface area contributed by atoms with Crippen LogP contribution in [-0.4, -0.2) is 47.9 Å². The molecule has 1 saturated carbocycles. The monoisotopic (exact) mass is 428 g/mol. The molecule has 3 N–H and O–H groups in total. The van der Waals surface area contributed by atoms with Gasteiger partial charge in [-0.1, -0.05) is 51.3 Å². The van der Waals surface area contributed by atoms with Crippen molar-refractivity contribution in [2.75, 3.05) is 18.4 Å². The average Bonchev–Trinajstić information content (AvgIpc) is 2.78. The van der Waals surface area contributed by atoms with Gasteiger partial charge in [-0.3, -0.25) is 9.59 Å². The molecular formula is C24H36N4O3. The molecule has 170 valence electrons. The van der Waals surface area contributed by atoms with Gasteiger partial charge in [0.15, 0.2) is 0 Å². The van der Waals surface area contributed by atoms with Gasteiger partial charge in [0.2, 0.25) is 11.8 Å². The molecule has 1 aromatic carbocycles. The maximum Gasteiger partial charge on any atom is 0.319 e. The number of amides is 4. The van der Waals surface area contributed by atoms with E-state index in [0.29, 0.717) is 18.8 Å². The van der Waals surface area contributed by atoms with Crippen molar-refractivity contribution in [1.29, 1.82) is 0 Å². The van der Waals surface area contributed by atoms with E-state index in [2.05, 4.69) is 16.0 Å². The first kappa shape index (κ1) is 23.1. The van der Waals surface area contributed by atoms with E-state index in [9.17, 15) is 14.4 Å². The number of nitrogens with one attached hydrogen (secondary N) is 3. The van der Waals surface area contributed by atoms with Gasteiger partial charge >= 0.3 is 6.03 Å². The van der Waals surface area contributed by atoms with Gasteiger partial charge in [0.1, 0.15) is 6.04 Å². The SMILES string of the molecule is CC(C)C(NC(=O)Nc1ccccc1)C(=O)N1CCCC(C(=O)NC2CCCCC2)C1. The van der Waals surface area contributed by atoms with Gasteiger partial charge < -0.3 is 20.9 Å². The molecule has 1 saturated heterocycles. The first-order valence-corrected chi connectivity index (χ1v) is 11.7. The molecule has 0 aromatic heterocycles. The van der Waals surface area contributed by atoms with E-state index in [-0.39, 0.29) is 29.7 Å². The number of rotatable bonds is 6. The number of hydrogen-bond donors (Lipinski definition) is 3. The van der Waals surface area contributed by atoms with Crippen molar-refractivity contribution in [2.45, 2.75) is 70.9 Å². The van der Waals surface area contributed by atoms with Gasteiger partial charge in [0.25, 0.3) is 0 Å². The lowest BCUT2D eigenvalue weighted by Crippen LogP contribution is -2.55. The Labute approximate surface area is 185 Å². The fourth-order valence-electron chi connectivity index (χ4n) is 4.50. The number of likely N-dealkylation sites (tertiary alicyclic amines) is 1. The van der Waals surface area contributed by atoms with Crippen LogP contribution in [0.15, 0.2) is 30.3 Å². The number of piperidine rings is 1. The molecule has 7 heteroatoms. The fourth-order valence-corrected chi connectivity index (χ4v) is 4.50. The average molecular weight is 429 g/mol. The molecule has 1 aromatic rings. The number of carbonyl (C=O) groups is 3. The number of carbonyl (C=O) groups excluding carboxylic acids is 3. The minimum atomic E-state index is -0.635. The van der Waals surface area contributed by atoms with Crippen LogP contribution in [0.3, 0.4) is 0 Å². The standard InChI is InChI=1S/C24H36N4O3/c1-17(2)21(27-24(31)26-20-13-7-4-8-14-20)23(30)28-15-9-10-18(16-28)22(29)25-19-11-5-3-6-12-19/h4,7-8,13-14,17-19,21H,3,5-6,9-12,15-16H2,1-2H3,(H,25,29)(H2,26,27,31). The molecule has 2 aliphatic rings. The van der Waals surface area contributed by atoms with E-state index in [4.69, 9.17) is 0 Å². The highest BCUT2D eigenvalue weighted by molar-refractivity contribution is 5.94. The zero-order valence-electron chi connectivity index (χ0n) is 18.7. The number of anilines is 1. The maximum absolute atomic E-state index is 13.2. The van der Waals surface area contributed by atoms with Crippen molar-refractivity contribution in [2.24, 2.45) is 11.8 Å². The number of hydrogen-bond acceptors (Lipinski definition) is 3. The first-order valence-electron chi connectivity index (χ1n) is 11.7. The predicted octanol–water partition coefficient (Wildman–Crippen LogP) is 3.52. The third kappa shape index (κ3) is 6.71. The number of urea groups is 1. The van der Waals surface area contributed by atoms with Crippen molar-refractivity contribution in [3.63, 3.8) is 0 Å². The van der Waals surface area contributed by atoms with Crippen molar-refractivity contribution in [1.82, 2.24) is 15.5 Å². The van der Waals surface area contributed by atoms with Gasteiger partial charge in [-0.15, -0.1) is 0 Å². The zero-order chi connectivity index (χ0) is 22.2. The summed E-state index contributed by atoms with van der Waals surface area (Å²) in [7, 11) is 0. The van der Waals surface area contributed by atoms with Crippen LogP contribution in [0.2, 0.25) is 0 Å². The van der Waals surface area contributed by atoms with Crippen molar-refractivity contribution in [3.8, 4) is 0 Å². The molecule has 0 radical (unpaired) electrons. The fraction of sp³-hybridized carbons (Fsp3) is 0.625. The van der Waals surface area contributed by atoms with E-state index >= 15 is 0 Å². The number of para-hydroxylation sites is 1. The summed E-state index contributed by atoms with van der Waals surface area (Å²) in [6.45, 7) is 4.88. The van der Waals surface area contributed by atoms with E-state index in [1.54, 1.807) is 17.0 Å². The van der Waals surface area contributed by atoms with Gasteiger partial charge in [-0.05, 0) is 43.7 Å². The summed E-state index contributed by atoms with van der Waals surface area (Å²) in [5.41, 5.74) is 0.673. The lowest BCUT2D eigenvalue weighted by atomic mass is 9.92. The third-order valence-electron chi connectivity index (χ3n) is 6.31. The zero-order valence-corrected chi connectivity index (χ0v) is 18.7. The second-order valence-corrected chi connectivity index (χ2v) is 9.15. The van der Waals surface area contributed by atoms with Gasteiger partial charge in [0, 0.05) is 24.8 Å². The predicted molar refractivity (Wildman–Crippen MR) is 122 cm³/mol. The largest absolute Gasteiger partial charge is 0.353 e. The van der Waals surface area contributed by atoms with Crippen LogP contribution in [0, 0.1) is 11.8 Å². The number of benzene rings is 1. The molecule has 3 rings (SSSR count). The Bertz CT molecular complexity index is 746. The Balaban J connectivity index is 1.56. The molecule has 7 nitrogen and oxygen atoms in total. The third-order valence-corrected chi connectivity index (χ3v) is 6.31. The molecule has 1 heterocycles. The topological polar surface area (TPSA) is 90.5 Å². The molecule has 2 fully saturated rings. The van der Waals surface area contributed by atoms with Crippen LogP contribution in [0.25, 0.3) is 0 Å². The first-order chi connectivity index (χ1) is 14.9. The number of nitrogens with zero attached hydrogens (tertiary/aromatic N) is 1. The Hall–Kier alpha value is -2.57. The highest BCUT2D eigenvalue weighted by Gasteiger charge is 2.34. The molecule has 2 unspecified atom stereocenters. The van der Waals surface area contributed by atoms with Crippen LogP contribution in [0.5, 0.6) is 0 Å². The summed E-state index contributed by atoms with van der Waals surface area (Å²) in [5.74, 6) is -0.287. The van der Waals surface area contributed by atoms with Crippen LogP contribution in [-0.2, 0) is 9.59 Å². The van der Waals surface area contributed by atoms with E-state index in [1.165, 1.54) is 19.3 Å². The summed E-state index contributed by atoms with van der Waals surface area (Å²) in [6.07, 6.45) is 7.31. The molecule has 0 bridgehead atoms. The highest BCUT2D eigenvalue weighted by atomic mass is 16.2. The molecule has 1 aliphatic heterocycles. The summed E-state index contributed by atoms with van der Waals surface area (Å²) < 4.78 is 0. The van der Waals surface area contributed by atoms with Gasteiger partial charge in [-0.25, -0.2) is 4.79 Å². The minimum Gasteiger partial charge on any atom is -0.353 e. The second-order valence-electron chi connectivity index (χ2n) is 9.15. The van der Waals surface area contributed by atoms with Crippen molar-refractivity contribution >= 4 is 23.5 Å². The van der Waals surface area contributed by atoms with E-state index in [1.807, 2.05) is 32.0 Å². The summed E-state index contributed by atoms with van der Waals surface area (Å²) >= 11 is 0. The quantitative estimate of drug-likeness (QED) is 0.647. The lowest BCUT2D eigenvalue weighted by Gasteiger charge is -2.36. The van der Waals surface area contributed by atoms with Crippen molar-refractivity contribution < 1.29 is 14.4 Å². The van der Waals surface area contributed by atoms with Gasteiger partial charge in [0.05, 0.1) is 5.92 Å². The van der Waals surface area contributed by atoms with Crippen LogP contribution < -0.4 is 16.0 Å². The van der Waals surface area contributed by atoms with Crippen molar-refractivity contribution in [3.05, 3.63) is 30.3 Å². The molecule has 1 aliphatic carbocycles. The summed E-state index contributed by atoms with van der Waals surface area (Å²) in [4.78, 5) is 40.2. The van der Waals surface area contributed by atoms with Gasteiger partial charge in [-0.2, -0.15) is 0 Å².